The van der Waals surface area contributed by atoms with Crippen molar-refractivity contribution in [3.63, 3.8) is 0 Å². The summed E-state index contributed by atoms with van der Waals surface area (Å²) >= 11 is 0. The predicted molar refractivity (Wildman–Crippen MR) is 93.2 cm³/mol. The minimum Gasteiger partial charge on any atom is -0.327 e. The zero-order valence-corrected chi connectivity index (χ0v) is 14.3. The Bertz CT molecular complexity index is 1110. The number of nitrogens with two attached hydrogens (primary N) is 1. The lowest BCUT2D eigenvalue weighted by Crippen LogP contribution is -2.19. The maximum atomic E-state index is 12.9. The number of nitrogens with zero attached hydrogens (tertiary/aromatic N) is 5. The standard InChI is InChI=1S/C17H15F2N7O/c1-25-10-11(9-21-25)5-6-13-3-2-4-14(22-13)26-15(23-24-17(26)27)7-12(8-20)16(18)19/h2-4,9-10H,7-8,20H2,1H3,(H,24,27). The van der Waals surface area contributed by atoms with Crippen LogP contribution in [0.4, 0.5) is 8.78 Å². The minimum atomic E-state index is -1.89. The van der Waals surface area contributed by atoms with Gasteiger partial charge in [0.25, 0.3) is 6.08 Å². The molecule has 0 spiro atoms. The van der Waals surface area contributed by atoms with Gasteiger partial charge < -0.3 is 5.73 Å². The summed E-state index contributed by atoms with van der Waals surface area (Å²) in [5.41, 5.74) is 5.55. The van der Waals surface area contributed by atoms with Gasteiger partial charge in [-0.25, -0.2) is 19.4 Å². The van der Waals surface area contributed by atoms with Crippen molar-refractivity contribution in [2.24, 2.45) is 12.8 Å². The molecule has 0 amide bonds. The van der Waals surface area contributed by atoms with Crippen molar-refractivity contribution in [1.82, 2.24) is 29.5 Å². The number of aromatic nitrogens is 6. The van der Waals surface area contributed by atoms with Crippen molar-refractivity contribution in [2.75, 3.05) is 6.54 Å². The molecule has 0 fully saturated rings. The molecule has 0 aliphatic carbocycles. The second kappa shape index (κ2) is 7.76. The van der Waals surface area contributed by atoms with Crippen molar-refractivity contribution < 1.29 is 8.78 Å². The number of halogens is 2. The average molecular weight is 371 g/mol. The molecule has 0 aliphatic heterocycles. The molecule has 0 aliphatic rings. The third-order valence-electron chi connectivity index (χ3n) is 3.63. The normalized spacial score (nSPS) is 10.4. The number of rotatable bonds is 4. The Hall–Kier alpha value is -3.58. The smallest absolute Gasteiger partial charge is 0.327 e. The Labute approximate surface area is 152 Å². The Morgan fingerprint density at radius 3 is 2.81 bits per heavy atom. The molecule has 10 heteroatoms. The molecule has 0 atom stereocenters. The fourth-order valence-electron chi connectivity index (χ4n) is 2.33. The van der Waals surface area contributed by atoms with Crippen LogP contribution in [-0.4, -0.2) is 36.1 Å². The zero-order valence-electron chi connectivity index (χ0n) is 14.3. The van der Waals surface area contributed by atoms with Crippen LogP contribution >= 0.6 is 0 Å². The first-order valence-corrected chi connectivity index (χ1v) is 7.85. The SMILES string of the molecule is Cn1cc(C#Cc2cccc(-n3c(CC(CN)=C(F)F)n[nH]c3=O)n2)cn1. The molecule has 3 N–H and O–H groups in total. The van der Waals surface area contributed by atoms with Crippen LogP contribution < -0.4 is 11.4 Å². The predicted octanol–water partition coefficient (Wildman–Crippen LogP) is 0.741. The summed E-state index contributed by atoms with van der Waals surface area (Å²) in [7, 11) is 1.78. The lowest BCUT2D eigenvalue weighted by Gasteiger charge is -2.06. The summed E-state index contributed by atoms with van der Waals surface area (Å²) in [5.74, 6) is 6.09. The molecule has 3 rings (SSSR count). The summed E-state index contributed by atoms with van der Waals surface area (Å²) in [6.45, 7) is -0.340. The van der Waals surface area contributed by atoms with E-state index in [9.17, 15) is 13.6 Å². The van der Waals surface area contributed by atoms with E-state index in [2.05, 4.69) is 32.1 Å². The summed E-state index contributed by atoms with van der Waals surface area (Å²) < 4.78 is 28.5. The molecule has 0 saturated carbocycles. The van der Waals surface area contributed by atoms with Gasteiger partial charge in [0.15, 0.2) is 0 Å². The van der Waals surface area contributed by atoms with E-state index in [1.165, 1.54) is 0 Å². The van der Waals surface area contributed by atoms with Crippen LogP contribution in [0.15, 0.2) is 47.0 Å². The van der Waals surface area contributed by atoms with E-state index in [0.29, 0.717) is 11.3 Å². The fraction of sp³-hybridized carbons (Fsp3) is 0.176. The van der Waals surface area contributed by atoms with Gasteiger partial charge in [0.1, 0.15) is 17.3 Å². The molecule has 8 nitrogen and oxygen atoms in total. The first-order valence-electron chi connectivity index (χ1n) is 7.85. The van der Waals surface area contributed by atoms with E-state index in [-0.39, 0.29) is 30.2 Å². The number of aryl methyl sites for hydroxylation is 1. The number of H-pyrrole nitrogens is 1. The molecule has 27 heavy (non-hydrogen) atoms. The lowest BCUT2D eigenvalue weighted by molar-refractivity contribution is 0.407. The molecular weight excluding hydrogens is 356 g/mol. The molecule has 3 heterocycles. The maximum Gasteiger partial charge on any atom is 0.349 e. The van der Waals surface area contributed by atoms with Gasteiger partial charge in [-0.15, -0.1) is 0 Å². The highest BCUT2D eigenvalue weighted by molar-refractivity contribution is 5.40. The van der Waals surface area contributed by atoms with Crippen LogP contribution in [-0.2, 0) is 13.5 Å². The van der Waals surface area contributed by atoms with E-state index in [1.54, 1.807) is 42.3 Å². The third-order valence-corrected chi connectivity index (χ3v) is 3.63. The molecule has 0 radical (unpaired) electrons. The number of nitrogens with one attached hydrogen (secondary N) is 1. The summed E-state index contributed by atoms with van der Waals surface area (Å²) in [6, 6.07) is 4.89. The third kappa shape index (κ3) is 4.16. The molecule has 0 aromatic carbocycles. The molecule has 0 bridgehead atoms. The van der Waals surface area contributed by atoms with Crippen molar-refractivity contribution in [1.29, 1.82) is 0 Å². The van der Waals surface area contributed by atoms with Crippen molar-refractivity contribution in [2.45, 2.75) is 6.42 Å². The molecule has 3 aromatic heterocycles. The van der Waals surface area contributed by atoms with Gasteiger partial charge in [-0.3, -0.25) is 4.68 Å². The first kappa shape index (κ1) is 18.2. The molecule has 0 unspecified atom stereocenters. The lowest BCUT2D eigenvalue weighted by atomic mass is 10.2. The largest absolute Gasteiger partial charge is 0.349 e. The van der Waals surface area contributed by atoms with Crippen LogP contribution in [0.3, 0.4) is 0 Å². The van der Waals surface area contributed by atoms with Gasteiger partial charge in [0, 0.05) is 31.8 Å². The number of aromatic amines is 1. The monoisotopic (exact) mass is 371 g/mol. The molecule has 3 aromatic rings. The average Bonchev–Trinajstić information content (AvgIpc) is 3.23. The van der Waals surface area contributed by atoms with Crippen LogP contribution in [0, 0.1) is 11.8 Å². The van der Waals surface area contributed by atoms with E-state index >= 15 is 0 Å². The maximum absolute atomic E-state index is 12.9. The Morgan fingerprint density at radius 2 is 2.15 bits per heavy atom. The number of pyridine rings is 1. The van der Waals surface area contributed by atoms with Crippen molar-refractivity contribution >= 4 is 0 Å². The van der Waals surface area contributed by atoms with Gasteiger partial charge in [0.2, 0.25) is 0 Å². The summed E-state index contributed by atoms with van der Waals surface area (Å²) in [5, 5.41) is 10.1. The Morgan fingerprint density at radius 1 is 1.33 bits per heavy atom. The van der Waals surface area contributed by atoms with E-state index in [1.807, 2.05) is 0 Å². The second-order valence-electron chi connectivity index (χ2n) is 5.56. The van der Waals surface area contributed by atoms with Crippen molar-refractivity contribution in [3.8, 4) is 17.7 Å². The fourth-order valence-corrected chi connectivity index (χ4v) is 2.33. The summed E-state index contributed by atoms with van der Waals surface area (Å²) in [4.78, 5) is 16.4. The molecule has 0 saturated heterocycles. The minimum absolute atomic E-state index is 0.0816. The second-order valence-corrected chi connectivity index (χ2v) is 5.56. The van der Waals surface area contributed by atoms with Crippen LogP contribution in [0.25, 0.3) is 5.82 Å². The quantitative estimate of drug-likeness (QED) is 0.658. The van der Waals surface area contributed by atoms with E-state index < -0.39 is 11.8 Å². The number of hydrogen-bond acceptors (Lipinski definition) is 5. The summed E-state index contributed by atoms with van der Waals surface area (Å²) in [6.07, 6.45) is 1.21. The Balaban J connectivity index is 1.96. The number of hydrogen-bond donors (Lipinski definition) is 2. The van der Waals surface area contributed by atoms with Crippen LogP contribution in [0.2, 0.25) is 0 Å². The van der Waals surface area contributed by atoms with Crippen LogP contribution in [0.1, 0.15) is 17.1 Å². The van der Waals surface area contributed by atoms with E-state index in [0.717, 1.165) is 4.57 Å². The van der Waals surface area contributed by atoms with Gasteiger partial charge in [-0.05, 0) is 18.1 Å². The first-order chi connectivity index (χ1) is 13.0. The van der Waals surface area contributed by atoms with Gasteiger partial charge in [-0.1, -0.05) is 12.0 Å². The highest BCUT2D eigenvalue weighted by atomic mass is 19.3. The van der Waals surface area contributed by atoms with Gasteiger partial charge >= 0.3 is 5.69 Å². The molecule has 138 valence electrons. The van der Waals surface area contributed by atoms with Gasteiger partial charge in [-0.2, -0.15) is 19.0 Å². The Kier molecular flexibility index (Phi) is 5.23. The van der Waals surface area contributed by atoms with Crippen molar-refractivity contribution in [3.05, 3.63) is 69.8 Å². The zero-order chi connectivity index (χ0) is 19.4. The topological polar surface area (TPSA) is 107 Å². The van der Waals surface area contributed by atoms with Crippen LogP contribution in [0.5, 0.6) is 0 Å². The van der Waals surface area contributed by atoms with Gasteiger partial charge in [0.05, 0.1) is 11.8 Å². The highest BCUT2D eigenvalue weighted by Crippen LogP contribution is 2.13. The van der Waals surface area contributed by atoms with E-state index in [4.69, 9.17) is 5.73 Å². The highest BCUT2D eigenvalue weighted by Gasteiger charge is 2.15. The molecular formula is C17H15F2N7O.